The van der Waals surface area contributed by atoms with Crippen LogP contribution in [0.1, 0.15) is 40.5 Å². The van der Waals surface area contributed by atoms with Gasteiger partial charge in [0.25, 0.3) is 0 Å². The average molecular weight is 244 g/mol. The van der Waals surface area contributed by atoms with Crippen LogP contribution in [0.2, 0.25) is 0 Å². The number of nitrogens with zero attached hydrogens (tertiary/aromatic N) is 1. The molecular weight excluding hydrogens is 220 g/mol. The molecule has 0 saturated heterocycles. The zero-order valence-electron chi connectivity index (χ0n) is 11.7. The lowest BCUT2D eigenvalue weighted by atomic mass is 10.1. The Morgan fingerprint density at radius 1 is 1.29 bits per heavy atom. The third-order valence-electron chi connectivity index (χ3n) is 2.05. The summed E-state index contributed by atoms with van der Waals surface area (Å²) in [5, 5.41) is 2.70. The summed E-state index contributed by atoms with van der Waals surface area (Å²) in [6, 6.07) is -0.0752. The highest BCUT2D eigenvalue weighted by Gasteiger charge is 2.18. The first-order valence-corrected chi connectivity index (χ1v) is 5.81. The normalized spacial score (nSPS) is 12.8. The Balaban J connectivity index is 3.90. The second kappa shape index (κ2) is 6.47. The van der Waals surface area contributed by atoms with Crippen molar-refractivity contribution in [2.45, 2.75) is 52.2 Å². The third kappa shape index (κ3) is 8.54. The molecule has 1 N–H and O–H groups in total. The minimum Gasteiger partial charge on any atom is -0.444 e. The fourth-order valence-electron chi connectivity index (χ4n) is 1.14. The van der Waals surface area contributed by atoms with Gasteiger partial charge in [0.2, 0.25) is 5.91 Å². The molecule has 0 heterocycles. The molecule has 0 aliphatic rings. The van der Waals surface area contributed by atoms with Crippen LogP contribution in [-0.2, 0) is 9.53 Å². The molecule has 0 aliphatic carbocycles. The van der Waals surface area contributed by atoms with Crippen molar-refractivity contribution in [1.29, 1.82) is 0 Å². The molecule has 0 aromatic rings. The molecule has 0 radical (unpaired) electrons. The van der Waals surface area contributed by atoms with Gasteiger partial charge >= 0.3 is 6.09 Å². The van der Waals surface area contributed by atoms with Gasteiger partial charge in [-0.15, -0.1) is 0 Å². The quantitative estimate of drug-likeness (QED) is 0.820. The molecular formula is C12H24N2O3. The fourth-order valence-corrected chi connectivity index (χ4v) is 1.14. The first kappa shape index (κ1) is 15.7. The molecule has 0 bridgehead atoms. The van der Waals surface area contributed by atoms with Crippen LogP contribution in [0, 0.1) is 0 Å². The molecule has 0 fully saturated rings. The van der Waals surface area contributed by atoms with Crippen molar-refractivity contribution >= 4 is 12.0 Å². The Kier molecular flexibility index (Phi) is 5.99. The summed E-state index contributed by atoms with van der Waals surface area (Å²) in [4.78, 5) is 24.3. The number of rotatable bonds is 4. The number of hydrogen-bond donors (Lipinski definition) is 1. The van der Waals surface area contributed by atoms with Crippen molar-refractivity contribution in [2.75, 3.05) is 14.1 Å². The summed E-state index contributed by atoms with van der Waals surface area (Å²) in [5.41, 5.74) is -0.497. The predicted octanol–water partition coefficient (Wildman–Crippen LogP) is 1.77. The van der Waals surface area contributed by atoms with Crippen LogP contribution in [0.25, 0.3) is 0 Å². The van der Waals surface area contributed by atoms with Crippen molar-refractivity contribution in [3.63, 3.8) is 0 Å². The van der Waals surface area contributed by atoms with E-state index < -0.39 is 11.7 Å². The first-order valence-electron chi connectivity index (χ1n) is 5.81. The highest BCUT2D eigenvalue weighted by molar-refractivity contribution is 5.75. The Morgan fingerprint density at radius 3 is 2.24 bits per heavy atom. The van der Waals surface area contributed by atoms with E-state index in [-0.39, 0.29) is 11.9 Å². The van der Waals surface area contributed by atoms with Crippen LogP contribution < -0.4 is 5.32 Å². The summed E-state index contributed by atoms with van der Waals surface area (Å²) in [5.74, 6) is 0.0582. The van der Waals surface area contributed by atoms with E-state index in [2.05, 4.69) is 5.32 Å². The molecule has 1 atom stereocenters. The Morgan fingerprint density at radius 2 is 1.82 bits per heavy atom. The van der Waals surface area contributed by atoms with E-state index in [4.69, 9.17) is 4.74 Å². The zero-order chi connectivity index (χ0) is 13.6. The minimum atomic E-state index is -0.497. The number of nitrogens with one attached hydrogen (secondary N) is 1. The Labute approximate surface area is 103 Å². The van der Waals surface area contributed by atoms with Gasteiger partial charge in [0.15, 0.2) is 0 Å². The van der Waals surface area contributed by atoms with Crippen molar-refractivity contribution in [3.8, 4) is 0 Å². The number of ether oxygens (including phenoxy) is 1. The minimum absolute atomic E-state index is 0.0582. The molecule has 1 unspecified atom stereocenters. The zero-order valence-corrected chi connectivity index (χ0v) is 11.7. The number of carbonyl (C=O) groups is 2. The summed E-state index contributed by atoms with van der Waals surface area (Å²) < 4.78 is 5.12. The van der Waals surface area contributed by atoms with Gasteiger partial charge in [-0.1, -0.05) is 0 Å². The van der Waals surface area contributed by atoms with E-state index in [0.717, 1.165) is 0 Å². The van der Waals surface area contributed by atoms with Crippen LogP contribution in [0.3, 0.4) is 0 Å². The van der Waals surface area contributed by atoms with Crippen molar-refractivity contribution in [3.05, 3.63) is 0 Å². The standard InChI is InChI=1S/C12H24N2O3/c1-9(7-8-10(15)14(5)6)13-11(16)17-12(2,3)4/h9H,7-8H2,1-6H3,(H,13,16). The highest BCUT2D eigenvalue weighted by Crippen LogP contribution is 2.07. The largest absolute Gasteiger partial charge is 0.444 e. The summed E-state index contributed by atoms with van der Waals surface area (Å²) >= 11 is 0. The maximum absolute atomic E-state index is 11.4. The van der Waals surface area contributed by atoms with E-state index in [9.17, 15) is 9.59 Å². The monoisotopic (exact) mass is 244 g/mol. The van der Waals surface area contributed by atoms with Crippen molar-refractivity contribution < 1.29 is 14.3 Å². The van der Waals surface area contributed by atoms with Crippen LogP contribution in [0.5, 0.6) is 0 Å². The van der Waals surface area contributed by atoms with Crippen molar-refractivity contribution in [2.24, 2.45) is 0 Å². The molecule has 5 nitrogen and oxygen atoms in total. The molecule has 100 valence electrons. The van der Waals surface area contributed by atoms with Gasteiger partial charge in [-0.3, -0.25) is 4.79 Å². The lowest BCUT2D eigenvalue weighted by Gasteiger charge is -2.22. The molecule has 0 aromatic heterocycles. The van der Waals surface area contributed by atoms with Crippen LogP contribution in [0.15, 0.2) is 0 Å². The lowest BCUT2D eigenvalue weighted by Crippen LogP contribution is -2.38. The van der Waals surface area contributed by atoms with E-state index in [0.29, 0.717) is 12.8 Å². The molecule has 5 heteroatoms. The molecule has 0 rings (SSSR count). The van der Waals surface area contributed by atoms with Gasteiger partial charge in [-0.2, -0.15) is 0 Å². The summed E-state index contributed by atoms with van der Waals surface area (Å²) in [6.07, 6.45) is 0.586. The number of amides is 2. The first-order chi connectivity index (χ1) is 7.61. The van der Waals surface area contributed by atoms with E-state index >= 15 is 0 Å². The van der Waals surface area contributed by atoms with Crippen LogP contribution in [0.4, 0.5) is 4.79 Å². The Bertz CT molecular complexity index is 269. The SMILES string of the molecule is CC(CCC(=O)N(C)C)NC(=O)OC(C)(C)C. The smallest absolute Gasteiger partial charge is 0.407 e. The van der Waals surface area contributed by atoms with Gasteiger partial charge in [0, 0.05) is 26.6 Å². The van der Waals surface area contributed by atoms with E-state index in [1.165, 1.54) is 0 Å². The maximum atomic E-state index is 11.4. The Hall–Kier alpha value is -1.26. The highest BCUT2D eigenvalue weighted by atomic mass is 16.6. The fraction of sp³-hybridized carbons (Fsp3) is 0.833. The predicted molar refractivity (Wildman–Crippen MR) is 66.8 cm³/mol. The van der Waals surface area contributed by atoms with Crippen molar-refractivity contribution in [1.82, 2.24) is 10.2 Å². The number of carbonyl (C=O) groups excluding carboxylic acids is 2. The second-order valence-corrected chi connectivity index (χ2v) is 5.37. The lowest BCUT2D eigenvalue weighted by molar-refractivity contribution is -0.128. The van der Waals surface area contributed by atoms with Gasteiger partial charge in [-0.05, 0) is 34.1 Å². The van der Waals surface area contributed by atoms with Gasteiger partial charge in [0.1, 0.15) is 5.60 Å². The average Bonchev–Trinajstić information content (AvgIpc) is 2.10. The summed E-state index contributed by atoms with van der Waals surface area (Å²) in [6.45, 7) is 7.29. The molecule has 0 aliphatic heterocycles. The third-order valence-corrected chi connectivity index (χ3v) is 2.05. The van der Waals surface area contributed by atoms with Gasteiger partial charge < -0.3 is 15.0 Å². The summed E-state index contributed by atoms with van der Waals surface area (Å²) in [7, 11) is 3.43. The number of hydrogen-bond acceptors (Lipinski definition) is 3. The van der Waals surface area contributed by atoms with E-state index in [1.54, 1.807) is 19.0 Å². The second-order valence-electron chi connectivity index (χ2n) is 5.37. The van der Waals surface area contributed by atoms with Crippen LogP contribution in [-0.4, -0.2) is 42.6 Å². The molecule has 0 saturated carbocycles. The maximum Gasteiger partial charge on any atom is 0.407 e. The van der Waals surface area contributed by atoms with Gasteiger partial charge in [-0.25, -0.2) is 4.79 Å². The van der Waals surface area contributed by atoms with E-state index in [1.807, 2.05) is 27.7 Å². The topological polar surface area (TPSA) is 58.6 Å². The molecule has 17 heavy (non-hydrogen) atoms. The number of alkyl carbamates (subject to hydrolysis) is 1. The molecule has 0 aromatic carbocycles. The molecule has 2 amide bonds. The van der Waals surface area contributed by atoms with Gasteiger partial charge in [0.05, 0.1) is 0 Å². The van der Waals surface area contributed by atoms with Crippen LogP contribution >= 0.6 is 0 Å². The molecule has 0 spiro atoms.